The van der Waals surface area contributed by atoms with Crippen molar-refractivity contribution in [2.45, 2.75) is 74.3 Å². The average Bonchev–Trinajstić information content (AvgIpc) is 3.35. The number of hydrogen-bond donors (Lipinski definition) is 4. The van der Waals surface area contributed by atoms with Gasteiger partial charge in [0.1, 0.15) is 17.3 Å². The van der Waals surface area contributed by atoms with Gasteiger partial charge in [0.15, 0.2) is 0 Å². The van der Waals surface area contributed by atoms with E-state index in [2.05, 4.69) is 4.90 Å². The third-order valence-corrected chi connectivity index (χ3v) is 12.3. The van der Waals surface area contributed by atoms with E-state index in [0.717, 1.165) is 0 Å². The van der Waals surface area contributed by atoms with Crippen LogP contribution in [0.5, 0.6) is 0 Å². The van der Waals surface area contributed by atoms with Crippen LogP contribution in [0.3, 0.4) is 0 Å². The number of aliphatic hydroxyl groups is 4. The van der Waals surface area contributed by atoms with E-state index in [1.807, 2.05) is 13.0 Å². The van der Waals surface area contributed by atoms with Crippen LogP contribution >= 0.6 is 0 Å². The Morgan fingerprint density at radius 3 is 2.54 bits per heavy atom. The van der Waals surface area contributed by atoms with Crippen molar-refractivity contribution in [3.8, 4) is 0 Å². The summed E-state index contributed by atoms with van der Waals surface area (Å²) in [7, 11) is 3.16. The molecule has 0 amide bonds. The standard InChI is InChI=1S/C30H41NO8/c1-4-31-14-27(15-32)11-10-20(33)29-18-12-17-19(37-2)13-28(35,30(36,26(29)31)24(38-3)23(27)29)21(18)22(17)39-25(34)16-8-6-5-7-9-16/h5-9,17-24,26,32-33,35-36H,4,10-15H2,1-3H3. The maximum Gasteiger partial charge on any atom is 0.338 e. The Labute approximate surface area is 229 Å². The fourth-order valence-corrected chi connectivity index (χ4v) is 11.3. The Balaban J connectivity index is 1.44. The summed E-state index contributed by atoms with van der Waals surface area (Å²) in [5, 5.41) is 49.0. The monoisotopic (exact) mass is 543 g/mol. The summed E-state index contributed by atoms with van der Waals surface area (Å²) in [4.78, 5) is 15.6. The number of benzene rings is 1. The van der Waals surface area contributed by atoms with E-state index in [4.69, 9.17) is 14.2 Å². The number of aliphatic hydroxyl groups excluding tert-OH is 2. The second kappa shape index (κ2) is 8.47. The first-order valence-corrected chi connectivity index (χ1v) is 14.5. The summed E-state index contributed by atoms with van der Waals surface area (Å²) >= 11 is 0. The molecule has 7 bridgehead atoms. The average molecular weight is 544 g/mol. The van der Waals surface area contributed by atoms with Crippen LogP contribution in [-0.4, -0.2) is 107 Å². The lowest BCUT2D eigenvalue weighted by molar-refractivity contribution is -0.316. The molecule has 0 radical (unpaired) electrons. The van der Waals surface area contributed by atoms with Crippen LogP contribution in [0.2, 0.25) is 0 Å². The smallest absolute Gasteiger partial charge is 0.338 e. The number of hydrogen-bond acceptors (Lipinski definition) is 9. The number of ether oxygens (including phenoxy) is 3. The first-order valence-electron chi connectivity index (χ1n) is 14.5. The molecule has 1 aromatic carbocycles. The summed E-state index contributed by atoms with van der Waals surface area (Å²) in [6, 6.07) is 8.25. The Morgan fingerprint density at radius 1 is 1.15 bits per heavy atom. The van der Waals surface area contributed by atoms with E-state index in [1.165, 1.54) is 0 Å². The summed E-state index contributed by atoms with van der Waals surface area (Å²) in [5.41, 5.74) is -4.46. The molecule has 1 aromatic rings. The number of methoxy groups -OCH3 is 2. The minimum atomic E-state index is -1.77. The van der Waals surface area contributed by atoms with Crippen molar-refractivity contribution in [2.24, 2.45) is 34.5 Å². The van der Waals surface area contributed by atoms with Gasteiger partial charge in [-0.1, -0.05) is 25.1 Å². The highest BCUT2D eigenvalue weighted by molar-refractivity contribution is 5.89. The first kappa shape index (κ1) is 26.3. The zero-order valence-electron chi connectivity index (χ0n) is 22.9. The molecule has 9 heteroatoms. The number of nitrogens with zero attached hydrogens (tertiary/aromatic N) is 1. The maximum atomic E-state index is 13.4. The number of rotatable bonds is 6. The van der Waals surface area contributed by atoms with E-state index >= 15 is 0 Å². The summed E-state index contributed by atoms with van der Waals surface area (Å²) in [5.74, 6) is -1.88. The predicted octanol–water partition coefficient (Wildman–Crippen LogP) is 0.828. The summed E-state index contributed by atoms with van der Waals surface area (Å²) in [6.45, 7) is 3.11. The Morgan fingerprint density at radius 2 is 1.90 bits per heavy atom. The minimum Gasteiger partial charge on any atom is -0.458 e. The number of carbonyl (C=O) groups is 1. The van der Waals surface area contributed by atoms with Crippen molar-refractivity contribution in [3.05, 3.63) is 35.9 Å². The predicted molar refractivity (Wildman–Crippen MR) is 139 cm³/mol. The van der Waals surface area contributed by atoms with E-state index < -0.39 is 64.4 Å². The van der Waals surface area contributed by atoms with E-state index in [-0.39, 0.29) is 30.8 Å². The van der Waals surface area contributed by atoms with E-state index in [1.54, 1.807) is 38.5 Å². The Bertz CT molecular complexity index is 1150. The molecule has 9 nitrogen and oxygen atoms in total. The molecule has 5 aliphatic carbocycles. The summed E-state index contributed by atoms with van der Waals surface area (Å²) in [6.07, 6.45) is -0.809. The maximum absolute atomic E-state index is 13.4. The lowest BCUT2D eigenvalue weighted by Gasteiger charge is -2.69. The summed E-state index contributed by atoms with van der Waals surface area (Å²) < 4.78 is 18.4. The molecule has 13 atom stereocenters. The van der Waals surface area contributed by atoms with Crippen molar-refractivity contribution < 1.29 is 39.4 Å². The van der Waals surface area contributed by atoms with Gasteiger partial charge in [-0.3, -0.25) is 4.90 Å². The first-order chi connectivity index (χ1) is 18.7. The van der Waals surface area contributed by atoms with Gasteiger partial charge in [-0.2, -0.15) is 0 Å². The molecule has 13 unspecified atom stereocenters. The molecule has 39 heavy (non-hydrogen) atoms. The lowest BCUT2D eigenvalue weighted by atomic mass is 9.42. The van der Waals surface area contributed by atoms with Gasteiger partial charge in [0, 0.05) is 55.8 Å². The highest BCUT2D eigenvalue weighted by Crippen LogP contribution is 2.80. The normalized spacial score (nSPS) is 53.1. The SMILES string of the molecule is CCN1CC2(CO)CCC(O)C34C5CC6C(OC)CC(O)(C5C6OC(=O)c5ccccc5)C(O)(C(OC)C23)C14. The second-order valence-electron chi connectivity index (χ2n) is 13.2. The largest absolute Gasteiger partial charge is 0.458 e. The van der Waals surface area contributed by atoms with Gasteiger partial charge in [-0.05, 0) is 43.9 Å². The number of carbonyl (C=O) groups excluding carboxylic acids is 1. The molecular weight excluding hydrogens is 502 g/mol. The van der Waals surface area contributed by atoms with Gasteiger partial charge < -0.3 is 34.6 Å². The Hall–Kier alpha value is -1.59. The van der Waals surface area contributed by atoms with Gasteiger partial charge in [-0.25, -0.2) is 4.79 Å². The van der Waals surface area contributed by atoms with Gasteiger partial charge in [0.05, 0.1) is 36.5 Å². The minimum absolute atomic E-state index is 0.0857. The molecule has 1 heterocycles. The number of likely N-dealkylation sites (tertiary alicyclic amines) is 1. The van der Waals surface area contributed by atoms with Crippen molar-refractivity contribution in [1.82, 2.24) is 4.90 Å². The van der Waals surface area contributed by atoms with Crippen molar-refractivity contribution in [3.63, 3.8) is 0 Å². The topological polar surface area (TPSA) is 129 Å². The molecule has 7 rings (SSSR count). The fourth-order valence-electron chi connectivity index (χ4n) is 11.3. The van der Waals surface area contributed by atoms with Crippen LogP contribution in [0, 0.1) is 34.5 Å². The quantitative estimate of drug-likeness (QED) is 0.386. The highest BCUT2D eigenvalue weighted by Gasteiger charge is 2.91. The third kappa shape index (κ3) is 2.79. The number of likely N-dealkylation sites (N-methyl/N-ethyl adjacent to an activating group) is 1. The molecule has 6 aliphatic rings. The third-order valence-electron chi connectivity index (χ3n) is 12.3. The lowest BCUT2D eigenvalue weighted by Crippen LogP contribution is -2.82. The molecular formula is C30H41NO8. The van der Waals surface area contributed by atoms with E-state index in [0.29, 0.717) is 37.9 Å². The molecule has 0 aromatic heterocycles. The molecule has 1 saturated heterocycles. The Kier molecular flexibility index (Phi) is 5.72. The molecule has 6 fully saturated rings. The van der Waals surface area contributed by atoms with Gasteiger partial charge in [0.25, 0.3) is 0 Å². The van der Waals surface area contributed by atoms with Gasteiger partial charge >= 0.3 is 5.97 Å². The van der Waals surface area contributed by atoms with Crippen LogP contribution < -0.4 is 0 Å². The van der Waals surface area contributed by atoms with Gasteiger partial charge in [-0.15, -0.1) is 0 Å². The van der Waals surface area contributed by atoms with Crippen LogP contribution in [0.4, 0.5) is 0 Å². The zero-order chi connectivity index (χ0) is 27.5. The molecule has 5 saturated carbocycles. The van der Waals surface area contributed by atoms with Crippen molar-refractivity contribution >= 4 is 5.97 Å². The van der Waals surface area contributed by atoms with Crippen molar-refractivity contribution in [2.75, 3.05) is 33.9 Å². The zero-order valence-corrected chi connectivity index (χ0v) is 22.9. The second-order valence-corrected chi connectivity index (χ2v) is 13.2. The van der Waals surface area contributed by atoms with Gasteiger partial charge in [0.2, 0.25) is 0 Å². The molecule has 1 spiro atoms. The number of fused-ring (bicyclic) bond motifs is 2. The fraction of sp³-hybridized carbons (Fsp3) is 0.767. The molecule has 4 N–H and O–H groups in total. The molecule has 1 aliphatic heterocycles. The van der Waals surface area contributed by atoms with Crippen LogP contribution in [-0.2, 0) is 14.2 Å². The molecule has 214 valence electrons. The van der Waals surface area contributed by atoms with Crippen molar-refractivity contribution in [1.29, 1.82) is 0 Å². The van der Waals surface area contributed by atoms with Crippen LogP contribution in [0.25, 0.3) is 0 Å². The van der Waals surface area contributed by atoms with Crippen LogP contribution in [0.1, 0.15) is 43.0 Å². The number of esters is 1. The highest BCUT2D eigenvalue weighted by atomic mass is 16.6. The van der Waals surface area contributed by atoms with Crippen LogP contribution in [0.15, 0.2) is 30.3 Å². The number of piperidine rings is 1. The van der Waals surface area contributed by atoms with E-state index in [9.17, 15) is 25.2 Å².